The molecule has 1 N–H and O–H groups in total. The number of Topliss-reactive ketones (excluding diaryl/α,β-unsaturated/α-hetero) is 1. The predicted octanol–water partition coefficient (Wildman–Crippen LogP) is 3.20. The second-order valence-electron chi connectivity index (χ2n) is 8.56. The molecule has 134 valence electrons. The minimum Gasteiger partial charge on any atom is -0.288 e. The fraction of sp³-hybridized carbons (Fsp3) is 0.429. The summed E-state index contributed by atoms with van der Waals surface area (Å²) in [5.74, 6) is 1.35. The normalized spacial score (nSPS) is 27.3. The largest absolute Gasteiger partial charge is 0.288 e. The van der Waals surface area contributed by atoms with Gasteiger partial charge in [-0.05, 0) is 17.9 Å². The Morgan fingerprint density at radius 2 is 2.04 bits per heavy atom. The highest BCUT2D eigenvalue weighted by atomic mass is 16.1. The van der Waals surface area contributed by atoms with Crippen LogP contribution < -0.4 is 9.91 Å². The third-order valence-corrected chi connectivity index (χ3v) is 5.88. The molecule has 0 radical (unpaired) electrons. The zero-order valence-electron chi connectivity index (χ0n) is 15.9. The Labute approximate surface area is 154 Å². The Kier molecular flexibility index (Phi) is 3.62. The molecule has 5 heteroatoms. The quantitative estimate of drug-likeness (QED) is 0.791. The van der Waals surface area contributed by atoms with Crippen LogP contribution in [0.1, 0.15) is 38.7 Å². The molecule has 5 nitrogen and oxygen atoms in total. The van der Waals surface area contributed by atoms with Crippen LogP contribution in [0, 0.1) is 16.7 Å². The summed E-state index contributed by atoms with van der Waals surface area (Å²) in [4.78, 5) is 13.3. The summed E-state index contributed by atoms with van der Waals surface area (Å²) in [6.45, 7) is 5.17. The van der Waals surface area contributed by atoms with E-state index in [1.165, 1.54) is 11.1 Å². The molecule has 1 aliphatic carbocycles. The number of ketones is 1. The molecular formula is C21H25N4O+. The molecule has 1 atom stereocenters. The second kappa shape index (κ2) is 5.54. The summed E-state index contributed by atoms with van der Waals surface area (Å²) < 4.78 is 0.346. The van der Waals surface area contributed by atoms with Crippen molar-refractivity contribution in [1.82, 2.24) is 14.9 Å². The van der Waals surface area contributed by atoms with E-state index in [4.69, 9.17) is 0 Å². The Bertz CT molecular complexity index is 918. The number of nitrogens with one attached hydrogen (secondary N) is 1. The molecule has 0 spiro atoms. The van der Waals surface area contributed by atoms with Gasteiger partial charge in [-0.2, -0.15) is 5.26 Å². The van der Waals surface area contributed by atoms with E-state index in [-0.39, 0.29) is 11.2 Å². The maximum Gasteiger partial charge on any atom is 0.229 e. The van der Waals surface area contributed by atoms with Gasteiger partial charge in [0, 0.05) is 49.7 Å². The number of nitriles is 1. The summed E-state index contributed by atoms with van der Waals surface area (Å²) in [5, 5.41) is 11.4. The van der Waals surface area contributed by atoms with Gasteiger partial charge in [0.15, 0.2) is 5.70 Å². The minimum absolute atomic E-state index is 0.00521. The Hall–Kier alpha value is -2.42. The van der Waals surface area contributed by atoms with Gasteiger partial charge in [0.2, 0.25) is 11.6 Å². The lowest BCUT2D eigenvalue weighted by Crippen LogP contribution is -2.54. The van der Waals surface area contributed by atoms with Crippen LogP contribution in [0.15, 0.2) is 46.9 Å². The van der Waals surface area contributed by atoms with Crippen molar-refractivity contribution in [3.63, 3.8) is 0 Å². The number of hydrogen-bond acceptors (Lipinski definition) is 4. The molecule has 0 saturated carbocycles. The maximum atomic E-state index is 13.3. The average molecular weight is 349 g/mol. The topological polar surface area (TPSA) is 56.1 Å². The second-order valence-corrected chi connectivity index (χ2v) is 8.56. The van der Waals surface area contributed by atoms with Gasteiger partial charge in [-0.1, -0.05) is 19.9 Å². The molecular weight excluding hydrogens is 324 g/mol. The number of carbonyl (C=O) groups excluding carboxylic acids is 1. The number of benzene rings is 1. The summed E-state index contributed by atoms with van der Waals surface area (Å²) in [7, 11) is 4.11. The van der Waals surface area contributed by atoms with Crippen LogP contribution in [0.2, 0.25) is 0 Å². The van der Waals surface area contributed by atoms with E-state index in [9.17, 15) is 10.1 Å². The van der Waals surface area contributed by atoms with Crippen molar-refractivity contribution >= 4 is 11.5 Å². The van der Waals surface area contributed by atoms with Gasteiger partial charge in [0.05, 0.1) is 18.7 Å². The van der Waals surface area contributed by atoms with Gasteiger partial charge in [0.25, 0.3) is 0 Å². The molecule has 3 aliphatic rings. The number of hydrogen-bond donors (Lipinski definition) is 1. The first-order valence-corrected chi connectivity index (χ1v) is 9.09. The molecule has 0 amide bonds. The molecule has 1 aromatic carbocycles. The molecule has 4 rings (SSSR count). The molecule has 2 aliphatic heterocycles. The molecule has 1 aromatic rings. The molecule has 0 bridgehead atoms. The summed E-state index contributed by atoms with van der Waals surface area (Å²) in [6.07, 6.45) is 2.38. The Balaban J connectivity index is 1.98. The average Bonchev–Trinajstić information content (AvgIpc) is 2.94. The third-order valence-electron chi connectivity index (χ3n) is 5.88. The number of carbonyl (C=O) groups is 1. The number of allylic oxidation sites excluding steroid dienone is 2. The van der Waals surface area contributed by atoms with Crippen LogP contribution in [0.25, 0.3) is 0 Å². The minimum atomic E-state index is 0.00521. The summed E-state index contributed by atoms with van der Waals surface area (Å²) >= 11 is 0. The first-order chi connectivity index (χ1) is 12.3. The van der Waals surface area contributed by atoms with Crippen LogP contribution in [0.5, 0.6) is 0 Å². The van der Waals surface area contributed by atoms with Gasteiger partial charge in [-0.25, -0.2) is 9.91 Å². The van der Waals surface area contributed by atoms with Crippen LogP contribution >= 0.6 is 0 Å². The standard InChI is InChI=1S/C21H25N4O/c1-21(2)10-15-9-16-13-23-24(3)20(16)25(4,19(15)18(26)11-21)17-7-5-6-14(8-17)12-22/h5-8,23H,9-11,13H2,1-4H3/q+1. The number of rotatable bonds is 1. The molecule has 0 saturated heterocycles. The fourth-order valence-electron chi connectivity index (χ4n) is 4.98. The smallest absolute Gasteiger partial charge is 0.229 e. The van der Waals surface area contributed by atoms with E-state index in [1.54, 1.807) is 0 Å². The monoisotopic (exact) mass is 349 g/mol. The summed E-state index contributed by atoms with van der Waals surface area (Å²) in [6, 6.07) is 9.90. The van der Waals surface area contributed by atoms with Crippen molar-refractivity contribution in [2.45, 2.75) is 33.1 Å². The lowest BCUT2D eigenvalue weighted by Gasteiger charge is -2.44. The summed E-state index contributed by atoms with van der Waals surface area (Å²) in [5.41, 5.74) is 8.48. The number of hydrazine groups is 1. The number of likely N-dealkylation sites (N-methyl/N-ethyl adjacent to an activating group) is 1. The van der Waals surface area contributed by atoms with Crippen molar-refractivity contribution in [2.75, 3.05) is 20.6 Å². The highest BCUT2D eigenvalue weighted by molar-refractivity contribution is 6.00. The van der Waals surface area contributed by atoms with E-state index in [0.29, 0.717) is 16.5 Å². The van der Waals surface area contributed by atoms with Crippen molar-refractivity contribution < 1.29 is 4.79 Å². The molecule has 26 heavy (non-hydrogen) atoms. The van der Waals surface area contributed by atoms with Crippen molar-refractivity contribution in [1.29, 1.82) is 5.26 Å². The van der Waals surface area contributed by atoms with E-state index < -0.39 is 0 Å². The van der Waals surface area contributed by atoms with E-state index >= 15 is 0 Å². The highest BCUT2D eigenvalue weighted by Gasteiger charge is 2.52. The van der Waals surface area contributed by atoms with Gasteiger partial charge in [-0.15, -0.1) is 0 Å². The zero-order valence-corrected chi connectivity index (χ0v) is 15.9. The zero-order chi connectivity index (χ0) is 18.7. The third kappa shape index (κ3) is 2.33. The van der Waals surface area contributed by atoms with Crippen molar-refractivity contribution in [3.8, 4) is 6.07 Å². The van der Waals surface area contributed by atoms with Crippen LogP contribution in [0.3, 0.4) is 0 Å². The molecule has 2 heterocycles. The predicted molar refractivity (Wildman–Crippen MR) is 101 cm³/mol. The van der Waals surface area contributed by atoms with Crippen LogP contribution in [0.4, 0.5) is 5.69 Å². The Morgan fingerprint density at radius 1 is 1.27 bits per heavy atom. The van der Waals surface area contributed by atoms with Crippen LogP contribution in [-0.2, 0) is 4.79 Å². The Morgan fingerprint density at radius 3 is 2.77 bits per heavy atom. The first-order valence-electron chi connectivity index (χ1n) is 9.09. The van der Waals surface area contributed by atoms with E-state index in [2.05, 4.69) is 32.4 Å². The highest BCUT2D eigenvalue weighted by Crippen LogP contribution is 2.50. The van der Waals surface area contributed by atoms with Gasteiger partial charge >= 0.3 is 0 Å². The SMILES string of the molecule is CN1NCC2=C1[N+](C)(c1cccc(C#N)c1)C1=C(C2)CC(C)(C)CC1=O. The number of nitrogens with zero attached hydrogens (tertiary/aromatic N) is 3. The van der Waals surface area contributed by atoms with E-state index in [0.717, 1.165) is 36.6 Å². The molecule has 1 unspecified atom stereocenters. The maximum absolute atomic E-state index is 13.3. The lowest BCUT2D eigenvalue weighted by atomic mass is 9.72. The first kappa shape index (κ1) is 17.0. The molecule has 0 fully saturated rings. The van der Waals surface area contributed by atoms with Gasteiger partial charge < -0.3 is 0 Å². The van der Waals surface area contributed by atoms with Gasteiger partial charge in [0.1, 0.15) is 5.69 Å². The van der Waals surface area contributed by atoms with E-state index in [1.807, 2.05) is 36.3 Å². The van der Waals surface area contributed by atoms with Crippen molar-refractivity contribution in [3.05, 3.63) is 52.5 Å². The van der Waals surface area contributed by atoms with Gasteiger partial charge in [-0.3, -0.25) is 9.80 Å². The fourth-order valence-corrected chi connectivity index (χ4v) is 4.98. The van der Waals surface area contributed by atoms with Crippen LogP contribution in [-0.4, -0.2) is 31.4 Å². The number of quaternary nitrogens is 1. The molecule has 0 aromatic heterocycles. The van der Waals surface area contributed by atoms with Crippen molar-refractivity contribution in [2.24, 2.45) is 5.41 Å². The lowest BCUT2D eigenvalue weighted by molar-refractivity contribution is -0.119.